The first-order chi connectivity index (χ1) is 24.2. The third kappa shape index (κ3) is 38.1. The first-order valence-electron chi connectivity index (χ1n) is 22.7. The SMILES string of the molecule is CCO[Si](CCCCCCCCCCCCCCCCCCCCCCCCCCCCCCCCCCCCCCBr)(OCC)OCC. The van der Waals surface area contributed by atoms with Crippen molar-refractivity contribution in [3.8, 4) is 0 Å². The fourth-order valence-electron chi connectivity index (χ4n) is 7.45. The van der Waals surface area contributed by atoms with E-state index in [1.807, 2.05) is 20.8 Å². The van der Waals surface area contributed by atoms with Gasteiger partial charge in [-0.15, -0.1) is 0 Å². The molecule has 0 saturated carbocycles. The van der Waals surface area contributed by atoms with Crippen molar-refractivity contribution in [2.24, 2.45) is 0 Å². The van der Waals surface area contributed by atoms with Gasteiger partial charge in [0.1, 0.15) is 0 Å². The topological polar surface area (TPSA) is 27.7 Å². The minimum absolute atomic E-state index is 0.686. The van der Waals surface area contributed by atoms with Crippen LogP contribution in [-0.4, -0.2) is 34.0 Å². The molecule has 0 N–H and O–H groups in total. The van der Waals surface area contributed by atoms with Gasteiger partial charge in [0.05, 0.1) is 0 Å². The van der Waals surface area contributed by atoms with E-state index in [2.05, 4.69) is 15.9 Å². The molecule has 0 aliphatic carbocycles. The van der Waals surface area contributed by atoms with Crippen LogP contribution in [0.5, 0.6) is 0 Å². The van der Waals surface area contributed by atoms with Crippen molar-refractivity contribution in [2.45, 2.75) is 258 Å². The number of unbranched alkanes of at least 4 members (excludes halogenated alkanes) is 35. The van der Waals surface area contributed by atoms with Crippen molar-refractivity contribution in [1.82, 2.24) is 0 Å². The Morgan fingerprint density at radius 3 is 0.592 bits per heavy atom. The zero-order chi connectivity index (χ0) is 35.6. The highest BCUT2D eigenvalue weighted by Gasteiger charge is 2.39. The van der Waals surface area contributed by atoms with Gasteiger partial charge in [-0.2, -0.15) is 0 Å². The molecule has 0 rings (SSSR count). The van der Waals surface area contributed by atoms with Gasteiger partial charge in [-0.25, -0.2) is 0 Å². The second-order valence-electron chi connectivity index (χ2n) is 15.1. The largest absolute Gasteiger partial charge is 0.500 e. The molecule has 0 atom stereocenters. The van der Waals surface area contributed by atoms with E-state index in [4.69, 9.17) is 13.3 Å². The zero-order valence-corrected chi connectivity index (χ0v) is 36.7. The maximum Gasteiger partial charge on any atom is 0.500 e. The molecule has 0 aromatic heterocycles. The Bertz CT molecular complexity index is 576. The van der Waals surface area contributed by atoms with Crippen LogP contribution >= 0.6 is 15.9 Å². The second-order valence-corrected chi connectivity index (χ2v) is 18.7. The molecule has 3 nitrogen and oxygen atoms in total. The van der Waals surface area contributed by atoms with Crippen LogP contribution in [0.3, 0.4) is 0 Å². The molecule has 0 fully saturated rings. The Labute approximate surface area is 319 Å². The molecule has 49 heavy (non-hydrogen) atoms. The number of halogens is 1. The van der Waals surface area contributed by atoms with Gasteiger partial charge in [-0.1, -0.05) is 234 Å². The summed E-state index contributed by atoms with van der Waals surface area (Å²) in [5, 5.41) is 1.18. The molecule has 0 saturated heterocycles. The highest BCUT2D eigenvalue weighted by molar-refractivity contribution is 9.09. The average Bonchev–Trinajstić information content (AvgIpc) is 3.10. The van der Waals surface area contributed by atoms with Gasteiger partial charge >= 0.3 is 8.80 Å². The van der Waals surface area contributed by atoms with Crippen molar-refractivity contribution < 1.29 is 13.3 Å². The monoisotopic (exact) mass is 775 g/mol. The second kappa shape index (κ2) is 43.0. The Hall–Kier alpha value is 0.577. The number of hydrogen-bond acceptors (Lipinski definition) is 3. The summed E-state index contributed by atoms with van der Waals surface area (Å²) in [6.07, 6.45) is 52.0. The summed E-state index contributed by atoms with van der Waals surface area (Å²) in [6.45, 7) is 8.20. The summed E-state index contributed by atoms with van der Waals surface area (Å²) in [7, 11) is -2.42. The normalized spacial score (nSPS) is 12.0. The van der Waals surface area contributed by atoms with Gasteiger partial charge in [0.2, 0.25) is 0 Å². The summed E-state index contributed by atoms with van der Waals surface area (Å²) < 4.78 is 17.9. The summed E-state index contributed by atoms with van der Waals surface area (Å²) in [4.78, 5) is 0. The molecule has 0 amide bonds. The maximum absolute atomic E-state index is 5.98. The third-order valence-corrected chi connectivity index (χ3v) is 14.2. The van der Waals surface area contributed by atoms with Crippen LogP contribution in [-0.2, 0) is 13.3 Å². The van der Waals surface area contributed by atoms with E-state index < -0.39 is 8.80 Å². The van der Waals surface area contributed by atoms with Crippen molar-refractivity contribution in [3.05, 3.63) is 0 Å². The highest BCUT2D eigenvalue weighted by atomic mass is 79.9. The van der Waals surface area contributed by atoms with Crippen LogP contribution in [0.4, 0.5) is 0 Å². The molecule has 296 valence electrons. The smallest absolute Gasteiger partial charge is 0.374 e. The maximum atomic E-state index is 5.98. The van der Waals surface area contributed by atoms with E-state index in [0.717, 1.165) is 6.04 Å². The molecule has 0 bridgehead atoms. The minimum Gasteiger partial charge on any atom is -0.374 e. The van der Waals surface area contributed by atoms with Crippen LogP contribution in [0.1, 0.15) is 252 Å². The van der Waals surface area contributed by atoms with Crippen LogP contribution in [0.2, 0.25) is 6.04 Å². The van der Waals surface area contributed by atoms with Crippen LogP contribution in [0.15, 0.2) is 0 Å². The quantitative estimate of drug-likeness (QED) is 0.0350. The van der Waals surface area contributed by atoms with E-state index in [1.165, 1.54) is 236 Å². The Morgan fingerprint density at radius 2 is 0.429 bits per heavy atom. The first kappa shape index (κ1) is 49.6. The van der Waals surface area contributed by atoms with E-state index in [-0.39, 0.29) is 0 Å². The molecular formula is C44H91BrO3Si. The molecular weight excluding hydrogens is 684 g/mol. The predicted octanol–water partition coefficient (Wildman–Crippen LogP) is 16.5. The van der Waals surface area contributed by atoms with Crippen LogP contribution in [0.25, 0.3) is 0 Å². The molecule has 0 heterocycles. The van der Waals surface area contributed by atoms with Gasteiger partial charge in [0.15, 0.2) is 0 Å². The molecule has 0 aromatic rings. The minimum atomic E-state index is -2.42. The third-order valence-electron chi connectivity index (χ3n) is 10.5. The van der Waals surface area contributed by atoms with Crippen molar-refractivity contribution in [1.29, 1.82) is 0 Å². The van der Waals surface area contributed by atoms with E-state index in [0.29, 0.717) is 19.8 Å². The summed E-state index contributed by atoms with van der Waals surface area (Å²) in [5.74, 6) is 0. The van der Waals surface area contributed by atoms with Gasteiger partial charge in [-0.05, 0) is 33.6 Å². The standard InChI is InChI=1S/C44H91BrO3Si/c1-4-46-49(47-5-2,48-6-3)44-42-40-38-36-34-32-30-28-26-24-22-20-18-16-14-12-10-8-7-9-11-13-15-17-19-21-23-25-27-29-31-33-35-37-39-41-43-45/h4-44H2,1-3H3. The van der Waals surface area contributed by atoms with Crippen LogP contribution in [0, 0.1) is 0 Å². The Morgan fingerprint density at radius 1 is 0.265 bits per heavy atom. The summed E-state index contributed by atoms with van der Waals surface area (Å²) in [5.41, 5.74) is 0. The fourth-order valence-corrected chi connectivity index (χ4v) is 10.5. The molecule has 0 unspecified atom stereocenters. The van der Waals surface area contributed by atoms with E-state index >= 15 is 0 Å². The number of alkyl halides is 1. The zero-order valence-electron chi connectivity index (χ0n) is 34.1. The van der Waals surface area contributed by atoms with Gasteiger partial charge in [0, 0.05) is 31.2 Å². The van der Waals surface area contributed by atoms with E-state index in [9.17, 15) is 0 Å². The van der Waals surface area contributed by atoms with Gasteiger partial charge in [-0.3, -0.25) is 0 Å². The molecule has 5 heteroatoms. The van der Waals surface area contributed by atoms with E-state index in [1.54, 1.807) is 0 Å². The van der Waals surface area contributed by atoms with Gasteiger partial charge < -0.3 is 13.3 Å². The lowest BCUT2D eigenvalue weighted by molar-refractivity contribution is 0.0706. The molecule has 0 aromatic carbocycles. The molecule has 0 radical (unpaired) electrons. The van der Waals surface area contributed by atoms with Crippen molar-refractivity contribution >= 4 is 24.7 Å². The van der Waals surface area contributed by atoms with Gasteiger partial charge in [0.25, 0.3) is 0 Å². The number of hydrogen-bond donors (Lipinski definition) is 0. The predicted molar refractivity (Wildman–Crippen MR) is 225 cm³/mol. The Balaban J connectivity index is 3.20. The average molecular weight is 776 g/mol. The van der Waals surface area contributed by atoms with Crippen molar-refractivity contribution in [3.63, 3.8) is 0 Å². The highest BCUT2D eigenvalue weighted by Crippen LogP contribution is 2.21. The lowest BCUT2D eigenvalue weighted by atomic mass is 10.0. The lowest BCUT2D eigenvalue weighted by Gasteiger charge is -2.28. The molecule has 0 aliphatic rings. The lowest BCUT2D eigenvalue weighted by Crippen LogP contribution is -2.45. The molecule has 0 spiro atoms. The van der Waals surface area contributed by atoms with Crippen LogP contribution < -0.4 is 0 Å². The fraction of sp³-hybridized carbons (Fsp3) is 1.00. The first-order valence-corrected chi connectivity index (χ1v) is 25.8. The number of rotatable bonds is 44. The molecule has 0 aliphatic heterocycles. The van der Waals surface area contributed by atoms with Crippen molar-refractivity contribution in [2.75, 3.05) is 25.2 Å². The Kier molecular flexibility index (Phi) is 43.5. The summed E-state index contributed by atoms with van der Waals surface area (Å²) >= 11 is 3.53. The summed E-state index contributed by atoms with van der Waals surface area (Å²) in [6, 6.07) is 0.974.